The van der Waals surface area contributed by atoms with Gasteiger partial charge in [0.05, 0.1) is 6.61 Å². The fourth-order valence-electron chi connectivity index (χ4n) is 2.07. The van der Waals surface area contributed by atoms with E-state index in [0.717, 1.165) is 17.9 Å². The molecule has 1 unspecified atom stereocenters. The van der Waals surface area contributed by atoms with Gasteiger partial charge in [-0.3, -0.25) is 0 Å². The second kappa shape index (κ2) is 11.7. The molecule has 0 bridgehead atoms. The topological polar surface area (TPSA) is 26.3 Å². The number of hydrogen-bond acceptors (Lipinski definition) is 2. The third-order valence-corrected chi connectivity index (χ3v) is 3.28. The van der Waals surface area contributed by atoms with E-state index in [9.17, 15) is 4.79 Å². The van der Waals surface area contributed by atoms with Crippen molar-refractivity contribution < 1.29 is 9.53 Å². The highest BCUT2D eigenvalue weighted by Crippen LogP contribution is 2.16. The summed E-state index contributed by atoms with van der Waals surface area (Å²) in [6.07, 6.45) is 12.1. The van der Waals surface area contributed by atoms with Crippen LogP contribution in [0.5, 0.6) is 0 Å². The quantitative estimate of drug-likeness (QED) is 0.235. The predicted octanol–water partition coefficient (Wildman–Crippen LogP) is 5.29. The van der Waals surface area contributed by atoms with Crippen molar-refractivity contribution in [1.82, 2.24) is 0 Å². The molecule has 20 heavy (non-hydrogen) atoms. The molecule has 0 N–H and O–H groups in total. The number of hydrogen-bond donors (Lipinski definition) is 0. The van der Waals surface area contributed by atoms with Gasteiger partial charge in [-0.05, 0) is 37.7 Å². The number of unbranched alkanes of at least 4 members (excludes halogenated alkanes) is 1. The Hall–Kier alpha value is -1.05. The maximum atomic E-state index is 11.2. The molecule has 0 aromatic carbocycles. The van der Waals surface area contributed by atoms with Crippen LogP contribution in [0.1, 0.15) is 66.7 Å². The highest BCUT2D eigenvalue weighted by Gasteiger charge is 2.01. The van der Waals surface area contributed by atoms with Crippen LogP contribution in [0.15, 0.2) is 23.8 Å². The molecule has 0 aliphatic carbocycles. The Balaban J connectivity index is 3.84. The van der Waals surface area contributed by atoms with E-state index in [-0.39, 0.29) is 5.97 Å². The van der Waals surface area contributed by atoms with Crippen molar-refractivity contribution in [2.45, 2.75) is 66.7 Å². The predicted molar refractivity (Wildman–Crippen MR) is 86.6 cm³/mol. The lowest BCUT2D eigenvalue weighted by Gasteiger charge is -2.09. The maximum absolute atomic E-state index is 11.2. The van der Waals surface area contributed by atoms with Gasteiger partial charge in [0.15, 0.2) is 0 Å². The average molecular weight is 280 g/mol. The van der Waals surface area contributed by atoms with Gasteiger partial charge in [-0.15, -0.1) is 0 Å². The Labute approximate surface area is 125 Å². The Morgan fingerprint density at radius 3 is 2.40 bits per heavy atom. The molecule has 0 aliphatic heterocycles. The lowest BCUT2D eigenvalue weighted by Crippen LogP contribution is -1.99. The summed E-state index contributed by atoms with van der Waals surface area (Å²) in [7, 11) is 0. The standard InChI is InChI=1S/C18H32O2/c1-6-20-18(19)14-17(5)13-9-12-16(4)11-8-7-10-15(2)3/h9,13-16H,6-8,10-12H2,1-5H3. The van der Waals surface area contributed by atoms with Gasteiger partial charge in [-0.2, -0.15) is 0 Å². The molecule has 2 nitrogen and oxygen atoms in total. The molecule has 0 rings (SSSR count). The molecule has 2 heteroatoms. The van der Waals surface area contributed by atoms with Crippen LogP contribution in [0.4, 0.5) is 0 Å². The van der Waals surface area contributed by atoms with Gasteiger partial charge in [0.2, 0.25) is 0 Å². The first-order valence-electron chi connectivity index (χ1n) is 7.97. The summed E-state index contributed by atoms with van der Waals surface area (Å²) in [5.74, 6) is 1.28. The highest BCUT2D eigenvalue weighted by molar-refractivity contribution is 5.83. The fraction of sp³-hybridized carbons (Fsp3) is 0.722. The van der Waals surface area contributed by atoms with Crippen molar-refractivity contribution in [3.63, 3.8) is 0 Å². The molecule has 0 fully saturated rings. The minimum absolute atomic E-state index is 0.253. The third-order valence-electron chi connectivity index (χ3n) is 3.28. The SMILES string of the molecule is CCOC(=O)C=C(C)C=CCC(C)CCCCC(C)C. The summed E-state index contributed by atoms with van der Waals surface area (Å²) in [6, 6.07) is 0. The summed E-state index contributed by atoms with van der Waals surface area (Å²) < 4.78 is 4.88. The first kappa shape index (κ1) is 18.9. The van der Waals surface area contributed by atoms with E-state index in [0.29, 0.717) is 12.5 Å². The van der Waals surface area contributed by atoms with Crippen LogP contribution in [0.25, 0.3) is 0 Å². The molecular formula is C18H32O2. The second-order valence-electron chi connectivity index (χ2n) is 6.06. The van der Waals surface area contributed by atoms with Crippen molar-refractivity contribution in [2.24, 2.45) is 11.8 Å². The van der Waals surface area contributed by atoms with E-state index in [1.807, 2.05) is 19.9 Å². The monoisotopic (exact) mass is 280 g/mol. The smallest absolute Gasteiger partial charge is 0.330 e. The summed E-state index contributed by atoms with van der Waals surface area (Å²) >= 11 is 0. The van der Waals surface area contributed by atoms with Gasteiger partial charge in [-0.25, -0.2) is 4.79 Å². The maximum Gasteiger partial charge on any atom is 0.330 e. The molecule has 0 saturated heterocycles. The molecule has 0 radical (unpaired) electrons. The van der Waals surface area contributed by atoms with Gasteiger partial charge in [0, 0.05) is 6.08 Å². The van der Waals surface area contributed by atoms with Crippen LogP contribution in [-0.4, -0.2) is 12.6 Å². The van der Waals surface area contributed by atoms with Crippen molar-refractivity contribution in [3.05, 3.63) is 23.8 Å². The molecule has 1 atom stereocenters. The van der Waals surface area contributed by atoms with Gasteiger partial charge in [0.25, 0.3) is 0 Å². The lowest BCUT2D eigenvalue weighted by atomic mass is 9.97. The molecule has 0 aromatic heterocycles. The van der Waals surface area contributed by atoms with E-state index in [1.54, 1.807) is 6.08 Å². The summed E-state index contributed by atoms with van der Waals surface area (Å²) in [4.78, 5) is 11.2. The van der Waals surface area contributed by atoms with E-state index in [4.69, 9.17) is 4.74 Å². The van der Waals surface area contributed by atoms with Gasteiger partial charge >= 0.3 is 5.97 Å². The molecule has 0 spiro atoms. The average Bonchev–Trinajstić information content (AvgIpc) is 2.34. The largest absolute Gasteiger partial charge is 0.463 e. The number of rotatable bonds is 10. The number of allylic oxidation sites excluding steroid dienone is 3. The van der Waals surface area contributed by atoms with Crippen molar-refractivity contribution in [3.8, 4) is 0 Å². The van der Waals surface area contributed by atoms with Crippen molar-refractivity contribution in [1.29, 1.82) is 0 Å². The first-order valence-corrected chi connectivity index (χ1v) is 7.97. The minimum atomic E-state index is -0.253. The van der Waals surface area contributed by atoms with Crippen LogP contribution >= 0.6 is 0 Å². The summed E-state index contributed by atoms with van der Waals surface area (Å²) in [6.45, 7) is 11.0. The fourth-order valence-corrected chi connectivity index (χ4v) is 2.07. The molecule has 0 saturated carbocycles. The van der Waals surface area contributed by atoms with Gasteiger partial charge in [0.1, 0.15) is 0 Å². The van der Waals surface area contributed by atoms with Gasteiger partial charge < -0.3 is 4.74 Å². The molecule has 0 heterocycles. The zero-order valence-electron chi connectivity index (χ0n) is 13.9. The van der Waals surface area contributed by atoms with Crippen molar-refractivity contribution >= 4 is 5.97 Å². The normalized spacial score (nSPS) is 14.0. The number of ether oxygens (including phenoxy) is 1. The Morgan fingerprint density at radius 1 is 1.15 bits per heavy atom. The zero-order chi connectivity index (χ0) is 15.4. The van der Waals surface area contributed by atoms with E-state index in [2.05, 4.69) is 26.8 Å². The van der Waals surface area contributed by atoms with E-state index >= 15 is 0 Å². The van der Waals surface area contributed by atoms with Crippen LogP contribution in [0.2, 0.25) is 0 Å². The molecule has 0 aromatic rings. The molecular weight excluding hydrogens is 248 g/mol. The minimum Gasteiger partial charge on any atom is -0.463 e. The second-order valence-corrected chi connectivity index (χ2v) is 6.06. The summed E-state index contributed by atoms with van der Waals surface area (Å²) in [5, 5.41) is 0. The highest BCUT2D eigenvalue weighted by atomic mass is 16.5. The summed E-state index contributed by atoms with van der Waals surface area (Å²) in [5.41, 5.74) is 0.954. The first-order chi connectivity index (χ1) is 9.45. The Morgan fingerprint density at radius 2 is 1.80 bits per heavy atom. The molecule has 0 amide bonds. The molecule has 116 valence electrons. The Bertz CT molecular complexity index is 313. The van der Waals surface area contributed by atoms with E-state index in [1.165, 1.54) is 25.7 Å². The van der Waals surface area contributed by atoms with Crippen molar-refractivity contribution in [2.75, 3.05) is 6.61 Å². The number of esters is 1. The number of carbonyl (C=O) groups excluding carboxylic acids is 1. The van der Waals surface area contributed by atoms with Gasteiger partial charge in [-0.1, -0.05) is 58.6 Å². The Kier molecular flexibility index (Phi) is 11.1. The van der Waals surface area contributed by atoms with E-state index < -0.39 is 0 Å². The third kappa shape index (κ3) is 12.0. The van der Waals surface area contributed by atoms with Crippen LogP contribution in [-0.2, 0) is 9.53 Å². The van der Waals surface area contributed by atoms with Crippen LogP contribution < -0.4 is 0 Å². The number of carbonyl (C=O) groups is 1. The molecule has 0 aliphatic rings. The van der Waals surface area contributed by atoms with Crippen LogP contribution in [0, 0.1) is 11.8 Å². The van der Waals surface area contributed by atoms with Crippen LogP contribution in [0.3, 0.4) is 0 Å². The zero-order valence-corrected chi connectivity index (χ0v) is 13.9. The lowest BCUT2D eigenvalue weighted by molar-refractivity contribution is -0.137.